The quantitative estimate of drug-likeness (QED) is 0.371. The molecule has 0 radical (unpaired) electrons. The predicted molar refractivity (Wildman–Crippen MR) is 115 cm³/mol. The van der Waals surface area contributed by atoms with Gasteiger partial charge in [-0.1, -0.05) is 30.0 Å². The minimum absolute atomic E-state index is 0.574. The van der Waals surface area contributed by atoms with E-state index in [9.17, 15) is 0 Å². The molecule has 8 heteroatoms. The third-order valence-corrected chi connectivity index (χ3v) is 5.38. The van der Waals surface area contributed by atoms with E-state index in [1.54, 1.807) is 43.7 Å². The van der Waals surface area contributed by atoms with Crippen molar-refractivity contribution < 1.29 is 9.47 Å². The average Bonchev–Trinajstić information content (AvgIpc) is 3.21. The summed E-state index contributed by atoms with van der Waals surface area (Å²) in [5.41, 5.74) is 2.04. The highest BCUT2D eigenvalue weighted by atomic mass is 32.2. The predicted octanol–water partition coefficient (Wildman–Crippen LogP) is 4.47. The van der Waals surface area contributed by atoms with Gasteiger partial charge in [0.05, 0.1) is 19.3 Å². The van der Waals surface area contributed by atoms with E-state index in [1.807, 2.05) is 42.5 Å². The smallest absolute Gasteiger partial charge is 0.191 e. The standard InChI is InChI=1S/C22H21N5O2S/c1-28-14-13-27-21(17-8-11-23-12-9-17)25-26-22(27)30-16-18-5-2-3-7-20(18)29-19-6-4-10-24-15-19/h2-12,15H,13-14,16H2,1H3. The molecule has 0 atom stereocenters. The lowest BCUT2D eigenvalue weighted by Gasteiger charge is -2.12. The first kappa shape index (κ1) is 20.1. The number of thioether (sulfide) groups is 1. The van der Waals surface area contributed by atoms with Crippen LogP contribution >= 0.6 is 11.8 Å². The van der Waals surface area contributed by atoms with E-state index < -0.39 is 0 Å². The molecule has 3 heterocycles. The monoisotopic (exact) mass is 419 g/mol. The van der Waals surface area contributed by atoms with Gasteiger partial charge in [-0.15, -0.1) is 10.2 Å². The summed E-state index contributed by atoms with van der Waals surface area (Å²) in [6.45, 7) is 1.24. The SMILES string of the molecule is COCCn1c(SCc2ccccc2Oc2cccnc2)nnc1-c1ccncc1. The number of methoxy groups -OCH3 is 1. The van der Waals surface area contributed by atoms with Crippen molar-refractivity contribution in [2.45, 2.75) is 17.5 Å². The van der Waals surface area contributed by atoms with Crippen molar-refractivity contribution in [3.63, 3.8) is 0 Å². The molecule has 0 amide bonds. The third-order valence-electron chi connectivity index (χ3n) is 4.37. The summed E-state index contributed by atoms with van der Waals surface area (Å²) in [7, 11) is 1.69. The summed E-state index contributed by atoms with van der Waals surface area (Å²) < 4.78 is 13.4. The van der Waals surface area contributed by atoms with E-state index in [-0.39, 0.29) is 0 Å². The third kappa shape index (κ3) is 4.84. The molecule has 0 saturated heterocycles. The number of benzene rings is 1. The molecule has 0 saturated carbocycles. The first-order chi connectivity index (χ1) is 14.8. The number of aromatic nitrogens is 5. The molecule has 0 bridgehead atoms. The zero-order valence-electron chi connectivity index (χ0n) is 16.5. The Bertz CT molecular complexity index is 1070. The summed E-state index contributed by atoms with van der Waals surface area (Å²) in [6, 6.07) is 15.6. The van der Waals surface area contributed by atoms with E-state index in [0.29, 0.717) is 24.7 Å². The Morgan fingerprint density at radius 2 is 1.80 bits per heavy atom. The minimum Gasteiger partial charge on any atom is -0.455 e. The Kier molecular flexibility index (Phi) is 6.68. The van der Waals surface area contributed by atoms with Gasteiger partial charge in [0.25, 0.3) is 0 Å². The number of pyridine rings is 2. The van der Waals surface area contributed by atoms with Gasteiger partial charge in [-0.25, -0.2) is 0 Å². The molecular formula is C22H21N5O2S. The highest BCUT2D eigenvalue weighted by Gasteiger charge is 2.15. The molecule has 0 fully saturated rings. The molecule has 4 rings (SSSR count). The minimum atomic E-state index is 0.574. The molecule has 4 aromatic rings. The molecule has 0 unspecified atom stereocenters. The van der Waals surface area contributed by atoms with E-state index in [4.69, 9.17) is 9.47 Å². The van der Waals surface area contributed by atoms with Gasteiger partial charge in [0.15, 0.2) is 11.0 Å². The Morgan fingerprint density at radius 1 is 0.933 bits per heavy atom. The van der Waals surface area contributed by atoms with Crippen LogP contribution in [-0.4, -0.2) is 38.4 Å². The van der Waals surface area contributed by atoms with Crippen molar-refractivity contribution in [1.29, 1.82) is 0 Å². The number of ether oxygens (including phenoxy) is 2. The normalized spacial score (nSPS) is 10.8. The number of hydrogen-bond donors (Lipinski definition) is 0. The first-order valence-corrected chi connectivity index (χ1v) is 10.4. The molecule has 7 nitrogen and oxygen atoms in total. The Morgan fingerprint density at radius 3 is 2.60 bits per heavy atom. The summed E-state index contributed by atoms with van der Waals surface area (Å²) in [5.74, 6) is 3.00. The zero-order valence-corrected chi connectivity index (χ0v) is 17.3. The second-order valence-corrected chi connectivity index (χ2v) is 7.32. The fraction of sp³-hybridized carbons (Fsp3) is 0.182. The van der Waals surface area contributed by atoms with Crippen LogP contribution in [0.25, 0.3) is 11.4 Å². The van der Waals surface area contributed by atoms with Gasteiger partial charge >= 0.3 is 0 Å². The molecule has 0 aliphatic carbocycles. The largest absolute Gasteiger partial charge is 0.455 e. The van der Waals surface area contributed by atoms with Gasteiger partial charge in [-0.2, -0.15) is 0 Å². The van der Waals surface area contributed by atoms with Crippen molar-refractivity contribution in [1.82, 2.24) is 24.7 Å². The van der Waals surface area contributed by atoms with Crippen LogP contribution in [0.4, 0.5) is 0 Å². The lowest BCUT2D eigenvalue weighted by atomic mass is 10.2. The zero-order chi connectivity index (χ0) is 20.6. The molecule has 30 heavy (non-hydrogen) atoms. The summed E-state index contributed by atoms with van der Waals surface area (Å²) >= 11 is 1.61. The molecule has 152 valence electrons. The molecule has 0 spiro atoms. The number of nitrogens with zero attached hydrogens (tertiary/aromatic N) is 5. The van der Waals surface area contributed by atoms with Crippen LogP contribution in [0, 0.1) is 0 Å². The fourth-order valence-corrected chi connectivity index (χ4v) is 3.85. The first-order valence-electron chi connectivity index (χ1n) is 9.46. The fourth-order valence-electron chi connectivity index (χ4n) is 2.89. The second kappa shape index (κ2) is 10.00. The van der Waals surface area contributed by atoms with Gasteiger partial charge in [-0.3, -0.25) is 14.5 Å². The van der Waals surface area contributed by atoms with E-state index in [2.05, 4.69) is 30.8 Å². The van der Waals surface area contributed by atoms with Crippen molar-refractivity contribution in [2.24, 2.45) is 0 Å². The van der Waals surface area contributed by atoms with Crippen molar-refractivity contribution in [3.05, 3.63) is 78.9 Å². The number of hydrogen-bond acceptors (Lipinski definition) is 7. The van der Waals surface area contributed by atoms with E-state index in [0.717, 1.165) is 27.9 Å². The van der Waals surface area contributed by atoms with Crippen molar-refractivity contribution >= 4 is 11.8 Å². The van der Waals surface area contributed by atoms with E-state index in [1.165, 1.54) is 0 Å². The van der Waals surface area contributed by atoms with Crippen molar-refractivity contribution in [3.8, 4) is 22.9 Å². The van der Waals surface area contributed by atoms with E-state index >= 15 is 0 Å². The van der Waals surface area contributed by atoms with Crippen LogP contribution in [0.3, 0.4) is 0 Å². The van der Waals surface area contributed by atoms with Gasteiger partial charge in [0.2, 0.25) is 0 Å². The highest BCUT2D eigenvalue weighted by molar-refractivity contribution is 7.98. The van der Waals surface area contributed by atoms with Gasteiger partial charge in [0.1, 0.15) is 11.5 Å². The Labute approximate surface area is 179 Å². The molecule has 0 aliphatic rings. The topological polar surface area (TPSA) is 75.0 Å². The number of rotatable bonds is 9. The van der Waals surface area contributed by atoms with Crippen LogP contribution in [0.5, 0.6) is 11.5 Å². The summed E-state index contributed by atoms with van der Waals surface area (Å²) in [5, 5.41) is 9.66. The second-order valence-electron chi connectivity index (χ2n) is 6.37. The molecular weight excluding hydrogens is 398 g/mol. The maximum Gasteiger partial charge on any atom is 0.191 e. The molecule has 1 aromatic carbocycles. The van der Waals surface area contributed by atoms with Crippen LogP contribution in [0.15, 0.2) is 78.5 Å². The van der Waals surface area contributed by atoms with Crippen LogP contribution in [0.2, 0.25) is 0 Å². The maximum absolute atomic E-state index is 6.02. The lowest BCUT2D eigenvalue weighted by Crippen LogP contribution is -2.07. The Hall–Kier alpha value is -3.23. The van der Waals surface area contributed by atoms with Crippen molar-refractivity contribution in [2.75, 3.05) is 13.7 Å². The Balaban J connectivity index is 1.55. The maximum atomic E-state index is 6.02. The van der Waals surface area contributed by atoms with Gasteiger partial charge < -0.3 is 9.47 Å². The summed E-state index contributed by atoms with van der Waals surface area (Å²) in [4.78, 5) is 8.19. The van der Waals surface area contributed by atoms with Crippen LogP contribution in [-0.2, 0) is 17.0 Å². The number of para-hydroxylation sites is 1. The summed E-state index contributed by atoms with van der Waals surface area (Å²) in [6.07, 6.45) is 6.93. The average molecular weight is 420 g/mol. The van der Waals surface area contributed by atoms with Crippen LogP contribution < -0.4 is 4.74 Å². The van der Waals surface area contributed by atoms with Gasteiger partial charge in [0, 0.05) is 42.6 Å². The van der Waals surface area contributed by atoms with Crippen LogP contribution in [0.1, 0.15) is 5.56 Å². The van der Waals surface area contributed by atoms with Gasteiger partial charge in [-0.05, 0) is 30.3 Å². The molecule has 0 aliphatic heterocycles. The highest BCUT2D eigenvalue weighted by Crippen LogP contribution is 2.31. The lowest BCUT2D eigenvalue weighted by molar-refractivity contribution is 0.185. The molecule has 3 aromatic heterocycles. The molecule has 0 N–H and O–H groups in total.